The normalized spacial score (nSPS) is 35.2. The molecular formula is C16H31ClN2. The average Bonchev–Trinajstić information content (AvgIpc) is 2.77. The van der Waals surface area contributed by atoms with Gasteiger partial charge >= 0.3 is 0 Å². The van der Waals surface area contributed by atoms with E-state index >= 15 is 0 Å². The number of likely N-dealkylation sites (tertiary alicyclic amines) is 1. The average molecular weight is 287 g/mol. The van der Waals surface area contributed by atoms with Crippen molar-refractivity contribution in [3.63, 3.8) is 0 Å². The van der Waals surface area contributed by atoms with Crippen LogP contribution < -0.4 is 5.32 Å². The Balaban J connectivity index is 0.00000133. The highest BCUT2D eigenvalue weighted by Crippen LogP contribution is 2.43. The second kappa shape index (κ2) is 6.32. The SMILES string of the molecule is CC1(CN2CCCC3(CCCCC3)C2)CCNC1.Cl. The lowest BCUT2D eigenvalue weighted by molar-refractivity contribution is 0.0332. The Morgan fingerprint density at radius 2 is 1.74 bits per heavy atom. The van der Waals surface area contributed by atoms with E-state index in [1.165, 1.54) is 84.1 Å². The van der Waals surface area contributed by atoms with Crippen molar-refractivity contribution in [3.8, 4) is 0 Å². The van der Waals surface area contributed by atoms with E-state index in [0.717, 1.165) is 5.41 Å². The van der Waals surface area contributed by atoms with E-state index in [2.05, 4.69) is 17.1 Å². The molecule has 0 radical (unpaired) electrons. The van der Waals surface area contributed by atoms with Crippen LogP contribution in [-0.4, -0.2) is 37.6 Å². The summed E-state index contributed by atoms with van der Waals surface area (Å²) in [5.74, 6) is 0. The van der Waals surface area contributed by atoms with Crippen molar-refractivity contribution < 1.29 is 0 Å². The van der Waals surface area contributed by atoms with Crippen molar-refractivity contribution in [3.05, 3.63) is 0 Å². The van der Waals surface area contributed by atoms with Crippen LogP contribution in [0.4, 0.5) is 0 Å². The molecule has 0 aromatic carbocycles. The van der Waals surface area contributed by atoms with Gasteiger partial charge in [0, 0.05) is 19.6 Å². The Morgan fingerprint density at radius 1 is 1.00 bits per heavy atom. The Labute approximate surface area is 125 Å². The molecule has 2 aliphatic heterocycles. The van der Waals surface area contributed by atoms with Crippen LogP contribution >= 0.6 is 12.4 Å². The van der Waals surface area contributed by atoms with Crippen molar-refractivity contribution in [1.82, 2.24) is 10.2 Å². The molecule has 1 saturated carbocycles. The first-order chi connectivity index (χ1) is 8.70. The predicted molar refractivity (Wildman–Crippen MR) is 84.0 cm³/mol. The minimum absolute atomic E-state index is 0. The van der Waals surface area contributed by atoms with Crippen LogP contribution in [0.15, 0.2) is 0 Å². The number of piperidine rings is 1. The van der Waals surface area contributed by atoms with Crippen LogP contribution in [0.5, 0.6) is 0 Å². The second-order valence-corrected chi connectivity index (χ2v) is 7.61. The molecule has 0 amide bonds. The van der Waals surface area contributed by atoms with Gasteiger partial charge in [0.2, 0.25) is 0 Å². The monoisotopic (exact) mass is 286 g/mol. The third-order valence-corrected chi connectivity index (χ3v) is 5.72. The Kier molecular flexibility index (Phi) is 5.19. The van der Waals surface area contributed by atoms with Gasteiger partial charge in [-0.25, -0.2) is 0 Å². The van der Waals surface area contributed by atoms with Crippen LogP contribution in [0.3, 0.4) is 0 Å². The molecule has 1 aliphatic carbocycles. The molecule has 1 atom stereocenters. The van der Waals surface area contributed by atoms with Gasteiger partial charge in [-0.3, -0.25) is 0 Å². The van der Waals surface area contributed by atoms with E-state index in [-0.39, 0.29) is 12.4 Å². The Hall–Kier alpha value is 0.210. The first-order valence-electron chi connectivity index (χ1n) is 8.13. The lowest BCUT2D eigenvalue weighted by atomic mass is 9.69. The lowest BCUT2D eigenvalue weighted by Crippen LogP contribution is -2.48. The first kappa shape index (κ1) is 15.6. The highest BCUT2D eigenvalue weighted by Gasteiger charge is 2.39. The molecule has 19 heavy (non-hydrogen) atoms. The van der Waals surface area contributed by atoms with Crippen LogP contribution in [0.25, 0.3) is 0 Å². The van der Waals surface area contributed by atoms with E-state index in [4.69, 9.17) is 0 Å². The van der Waals surface area contributed by atoms with Gasteiger partial charge in [0.1, 0.15) is 0 Å². The van der Waals surface area contributed by atoms with Gasteiger partial charge in [-0.2, -0.15) is 0 Å². The zero-order valence-electron chi connectivity index (χ0n) is 12.5. The van der Waals surface area contributed by atoms with Gasteiger partial charge in [0.15, 0.2) is 0 Å². The molecule has 1 N–H and O–H groups in total. The van der Waals surface area contributed by atoms with Crippen molar-refractivity contribution in [2.75, 3.05) is 32.7 Å². The predicted octanol–water partition coefficient (Wildman–Crippen LogP) is 3.45. The van der Waals surface area contributed by atoms with E-state index in [0.29, 0.717) is 5.41 Å². The molecule has 2 heterocycles. The molecule has 0 aromatic rings. The minimum Gasteiger partial charge on any atom is -0.316 e. The maximum atomic E-state index is 3.55. The number of nitrogens with zero attached hydrogens (tertiary/aromatic N) is 1. The van der Waals surface area contributed by atoms with Gasteiger partial charge in [-0.15, -0.1) is 12.4 Å². The van der Waals surface area contributed by atoms with Crippen molar-refractivity contribution in [1.29, 1.82) is 0 Å². The largest absolute Gasteiger partial charge is 0.316 e. The highest BCUT2D eigenvalue weighted by atomic mass is 35.5. The topological polar surface area (TPSA) is 15.3 Å². The van der Waals surface area contributed by atoms with E-state index in [9.17, 15) is 0 Å². The molecule has 3 aliphatic rings. The van der Waals surface area contributed by atoms with Gasteiger partial charge in [0.05, 0.1) is 0 Å². The quantitative estimate of drug-likeness (QED) is 0.836. The lowest BCUT2D eigenvalue weighted by Gasteiger charge is -2.47. The molecular weight excluding hydrogens is 256 g/mol. The second-order valence-electron chi connectivity index (χ2n) is 7.61. The standard InChI is InChI=1S/C16H30N2.ClH/c1-15(9-10-17-12-15)13-18-11-5-8-16(14-18)6-3-2-4-7-16;/h17H,2-14H2,1H3;1H. The van der Waals surface area contributed by atoms with E-state index in [1.807, 2.05) is 0 Å². The minimum atomic E-state index is 0. The van der Waals surface area contributed by atoms with Crippen LogP contribution in [0.2, 0.25) is 0 Å². The number of rotatable bonds is 2. The van der Waals surface area contributed by atoms with Crippen LogP contribution in [0.1, 0.15) is 58.3 Å². The van der Waals surface area contributed by atoms with Crippen molar-refractivity contribution >= 4 is 12.4 Å². The van der Waals surface area contributed by atoms with Gasteiger partial charge in [-0.05, 0) is 56.0 Å². The third-order valence-electron chi connectivity index (χ3n) is 5.72. The fourth-order valence-electron chi connectivity index (χ4n) is 4.70. The summed E-state index contributed by atoms with van der Waals surface area (Å²) in [6, 6.07) is 0. The van der Waals surface area contributed by atoms with E-state index in [1.54, 1.807) is 0 Å². The van der Waals surface area contributed by atoms with Crippen LogP contribution in [0, 0.1) is 10.8 Å². The summed E-state index contributed by atoms with van der Waals surface area (Å²) in [4.78, 5) is 2.81. The number of nitrogens with one attached hydrogen (secondary N) is 1. The summed E-state index contributed by atoms with van der Waals surface area (Å²) < 4.78 is 0. The third kappa shape index (κ3) is 3.65. The maximum absolute atomic E-state index is 3.55. The van der Waals surface area contributed by atoms with Crippen molar-refractivity contribution in [2.24, 2.45) is 10.8 Å². The summed E-state index contributed by atoms with van der Waals surface area (Å²) >= 11 is 0. The maximum Gasteiger partial charge on any atom is 0.00482 e. The zero-order chi connectivity index (χ0) is 12.5. The summed E-state index contributed by atoms with van der Waals surface area (Å²) in [6.45, 7) is 9.04. The highest BCUT2D eigenvalue weighted by molar-refractivity contribution is 5.85. The first-order valence-corrected chi connectivity index (χ1v) is 8.13. The Bertz CT molecular complexity index is 275. The fourth-order valence-corrected chi connectivity index (χ4v) is 4.70. The molecule has 1 spiro atoms. The molecule has 3 fully saturated rings. The summed E-state index contributed by atoms with van der Waals surface area (Å²) in [5.41, 5.74) is 1.27. The Morgan fingerprint density at radius 3 is 2.42 bits per heavy atom. The van der Waals surface area contributed by atoms with Gasteiger partial charge in [0.25, 0.3) is 0 Å². The summed E-state index contributed by atoms with van der Waals surface area (Å²) in [7, 11) is 0. The molecule has 2 nitrogen and oxygen atoms in total. The van der Waals surface area contributed by atoms with Gasteiger partial charge in [-0.1, -0.05) is 26.2 Å². The molecule has 0 aromatic heterocycles. The molecule has 1 unspecified atom stereocenters. The molecule has 2 saturated heterocycles. The molecule has 0 bridgehead atoms. The molecule has 3 rings (SSSR count). The number of halogens is 1. The number of hydrogen-bond acceptors (Lipinski definition) is 2. The van der Waals surface area contributed by atoms with Gasteiger partial charge < -0.3 is 10.2 Å². The molecule has 3 heteroatoms. The summed E-state index contributed by atoms with van der Waals surface area (Å²) in [6.07, 6.45) is 11.8. The summed E-state index contributed by atoms with van der Waals surface area (Å²) in [5, 5.41) is 3.55. The zero-order valence-corrected chi connectivity index (χ0v) is 13.4. The van der Waals surface area contributed by atoms with Crippen LogP contribution in [-0.2, 0) is 0 Å². The van der Waals surface area contributed by atoms with E-state index < -0.39 is 0 Å². The number of hydrogen-bond donors (Lipinski definition) is 1. The van der Waals surface area contributed by atoms with Crippen molar-refractivity contribution in [2.45, 2.75) is 58.3 Å². The molecule has 112 valence electrons. The fraction of sp³-hybridized carbons (Fsp3) is 1.00. The smallest absolute Gasteiger partial charge is 0.00482 e.